The van der Waals surface area contributed by atoms with Crippen LogP contribution in [0.1, 0.15) is 25.0 Å². The topological polar surface area (TPSA) is 66.5 Å². The summed E-state index contributed by atoms with van der Waals surface area (Å²) in [7, 11) is -2.00. The quantitative estimate of drug-likeness (QED) is 0.892. The maximum atomic E-state index is 12.7. The Hall–Kier alpha value is -2.34. The number of anilines is 2. The number of carbonyl (C=O) groups excluding carboxylic acids is 1. The first-order valence-corrected chi connectivity index (χ1v) is 9.76. The lowest BCUT2D eigenvalue weighted by molar-refractivity contribution is -0.117. The van der Waals surface area contributed by atoms with Gasteiger partial charge in [0.25, 0.3) is 10.0 Å². The van der Waals surface area contributed by atoms with Crippen molar-refractivity contribution in [3.05, 3.63) is 53.6 Å². The molecular weight excluding hydrogens is 336 g/mol. The Morgan fingerprint density at radius 1 is 1.16 bits per heavy atom. The molecule has 0 saturated carbocycles. The predicted octanol–water partition coefficient (Wildman–Crippen LogP) is 3.20. The molecule has 0 aliphatic carbocycles. The second kappa shape index (κ2) is 6.52. The average Bonchev–Trinajstić information content (AvgIpc) is 2.81. The molecule has 132 valence electrons. The van der Waals surface area contributed by atoms with E-state index in [1.54, 1.807) is 30.1 Å². The van der Waals surface area contributed by atoms with Crippen LogP contribution in [0.15, 0.2) is 47.4 Å². The summed E-state index contributed by atoms with van der Waals surface area (Å²) in [4.78, 5) is 13.5. The van der Waals surface area contributed by atoms with Gasteiger partial charge in [0.05, 0.1) is 11.3 Å². The van der Waals surface area contributed by atoms with E-state index in [0.29, 0.717) is 11.6 Å². The Morgan fingerprint density at radius 3 is 2.64 bits per heavy atom. The second-order valence-electron chi connectivity index (χ2n) is 6.82. The summed E-state index contributed by atoms with van der Waals surface area (Å²) in [5.74, 6) is 0.469. The van der Waals surface area contributed by atoms with Crippen LogP contribution < -0.4 is 9.62 Å². The van der Waals surface area contributed by atoms with E-state index in [9.17, 15) is 13.2 Å². The number of nitrogens with one attached hydrogen (secondary N) is 1. The number of hydrogen-bond acceptors (Lipinski definition) is 3. The molecule has 0 atom stereocenters. The highest BCUT2D eigenvalue weighted by Crippen LogP contribution is 2.30. The lowest BCUT2D eigenvalue weighted by Gasteiger charge is -2.13. The highest BCUT2D eigenvalue weighted by molar-refractivity contribution is 7.92. The van der Waals surface area contributed by atoms with Crippen LogP contribution in [-0.2, 0) is 27.7 Å². The number of likely N-dealkylation sites (N-methyl/N-ethyl adjacent to an activating group) is 1. The van der Waals surface area contributed by atoms with Gasteiger partial charge in [-0.05, 0) is 53.8 Å². The molecule has 3 rings (SSSR count). The number of sulfonamides is 1. The first-order chi connectivity index (χ1) is 11.8. The molecule has 0 fully saturated rings. The molecule has 1 aliphatic heterocycles. The Balaban J connectivity index is 1.86. The number of carbonyl (C=O) groups is 1. The van der Waals surface area contributed by atoms with Crippen molar-refractivity contribution in [2.24, 2.45) is 5.92 Å². The molecule has 0 saturated heterocycles. The molecule has 0 spiro atoms. The second-order valence-corrected chi connectivity index (χ2v) is 8.51. The molecule has 2 aromatic carbocycles. The van der Waals surface area contributed by atoms with Gasteiger partial charge >= 0.3 is 0 Å². The van der Waals surface area contributed by atoms with Crippen molar-refractivity contribution in [1.82, 2.24) is 0 Å². The van der Waals surface area contributed by atoms with E-state index in [2.05, 4.69) is 18.6 Å². The molecule has 25 heavy (non-hydrogen) atoms. The maximum absolute atomic E-state index is 12.7. The van der Waals surface area contributed by atoms with Gasteiger partial charge in [0.1, 0.15) is 0 Å². The van der Waals surface area contributed by atoms with Crippen molar-refractivity contribution >= 4 is 27.3 Å². The Morgan fingerprint density at radius 2 is 1.92 bits per heavy atom. The molecule has 6 heteroatoms. The third-order valence-electron chi connectivity index (χ3n) is 4.26. The highest BCUT2D eigenvalue weighted by Gasteiger charge is 2.26. The third kappa shape index (κ3) is 3.69. The molecule has 5 nitrogen and oxygen atoms in total. The minimum atomic E-state index is -3.69. The van der Waals surface area contributed by atoms with Crippen LogP contribution in [0.3, 0.4) is 0 Å². The lowest BCUT2D eigenvalue weighted by Crippen LogP contribution is -2.20. The number of amides is 1. The van der Waals surface area contributed by atoms with Crippen molar-refractivity contribution in [3.63, 3.8) is 0 Å². The van der Waals surface area contributed by atoms with Crippen LogP contribution in [0, 0.1) is 5.92 Å². The van der Waals surface area contributed by atoms with Crippen LogP contribution in [0.25, 0.3) is 0 Å². The summed E-state index contributed by atoms with van der Waals surface area (Å²) < 4.78 is 28.0. The van der Waals surface area contributed by atoms with E-state index in [0.717, 1.165) is 23.2 Å². The third-order valence-corrected chi connectivity index (χ3v) is 5.64. The van der Waals surface area contributed by atoms with Crippen LogP contribution in [0.4, 0.5) is 11.4 Å². The summed E-state index contributed by atoms with van der Waals surface area (Å²) in [5.41, 5.74) is 3.15. The van der Waals surface area contributed by atoms with E-state index >= 15 is 0 Å². The van der Waals surface area contributed by atoms with Gasteiger partial charge < -0.3 is 4.90 Å². The monoisotopic (exact) mass is 358 g/mol. The zero-order valence-corrected chi connectivity index (χ0v) is 15.4. The van der Waals surface area contributed by atoms with E-state index in [1.807, 2.05) is 18.2 Å². The van der Waals surface area contributed by atoms with E-state index < -0.39 is 10.0 Å². The fourth-order valence-electron chi connectivity index (χ4n) is 3.06. The zero-order valence-electron chi connectivity index (χ0n) is 14.6. The van der Waals surface area contributed by atoms with Crippen molar-refractivity contribution in [3.8, 4) is 0 Å². The van der Waals surface area contributed by atoms with Gasteiger partial charge in [0, 0.05) is 18.4 Å². The predicted molar refractivity (Wildman–Crippen MR) is 99.3 cm³/mol. The Labute approximate surface area is 148 Å². The standard InChI is InChI=1S/C19H22N2O3S/c1-13(2)9-14-5-4-6-16(10-14)20-25(23,24)17-7-8-18-15(11-17)12-19(22)21(18)3/h4-8,10-11,13,20H,9,12H2,1-3H3. The zero-order chi connectivity index (χ0) is 18.2. The van der Waals surface area contributed by atoms with Gasteiger partial charge in [-0.25, -0.2) is 8.42 Å². The molecule has 0 aromatic heterocycles. The van der Waals surface area contributed by atoms with E-state index in [-0.39, 0.29) is 17.2 Å². The van der Waals surface area contributed by atoms with Gasteiger partial charge in [0.2, 0.25) is 5.91 Å². The van der Waals surface area contributed by atoms with Crippen LogP contribution in [0.2, 0.25) is 0 Å². The smallest absolute Gasteiger partial charge is 0.261 e. The lowest BCUT2D eigenvalue weighted by atomic mass is 10.0. The number of fused-ring (bicyclic) bond motifs is 1. The van der Waals surface area contributed by atoms with Gasteiger partial charge in [-0.3, -0.25) is 9.52 Å². The number of benzene rings is 2. The molecule has 0 bridgehead atoms. The molecule has 0 radical (unpaired) electrons. The SMILES string of the molecule is CC(C)Cc1cccc(NS(=O)(=O)c2ccc3c(c2)CC(=O)N3C)c1. The van der Waals surface area contributed by atoms with E-state index in [4.69, 9.17) is 0 Å². The number of rotatable bonds is 5. The molecule has 0 unspecified atom stereocenters. The first kappa shape index (κ1) is 17.5. The van der Waals surface area contributed by atoms with Crippen molar-refractivity contribution in [2.75, 3.05) is 16.7 Å². The largest absolute Gasteiger partial charge is 0.315 e. The van der Waals surface area contributed by atoms with Crippen molar-refractivity contribution in [2.45, 2.75) is 31.6 Å². The van der Waals surface area contributed by atoms with Crippen molar-refractivity contribution < 1.29 is 13.2 Å². The molecule has 1 aliphatic rings. The van der Waals surface area contributed by atoms with E-state index in [1.165, 1.54) is 6.07 Å². The van der Waals surface area contributed by atoms with Gasteiger partial charge in [0.15, 0.2) is 0 Å². The minimum Gasteiger partial charge on any atom is -0.315 e. The fourth-order valence-corrected chi connectivity index (χ4v) is 4.16. The normalized spacial score (nSPS) is 14.1. The summed E-state index contributed by atoms with van der Waals surface area (Å²) in [6.45, 7) is 4.25. The highest BCUT2D eigenvalue weighted by atomic mass is 32.2. The Kier molecular flexibility index (Phi) is 4.56. The number of hydrogen-bond donors (Lipinski definition) is 1. The van der Waals surface area contributed by atoms with Crippen LogP contribution >= 0.6 is 0 Å². The van der Waals surface area contributed by atoms with Crippen LogP contribution in [-0.4, -0.2) is 21.4 Å². The summed E-state index contributed by atoms with van der Waals surface area (Å²) in [6.07, 6.45) is 1.13. The van der Waals surface area contributed by atoms with Gasteiger partial charge in [-0.15, -0.1) is 0 Å². The summed E-state index contributed by atoms with van der Waals surface area (Å²) >= 11 is 0. The van der Waals surface area contributed by atoms with Gasteiger partial charge in [-0.2, -0.15) is 0 Å². The minimum absolute atomic E-state index is 0.0288. The fraction of sp³-hybridized carbons (Fsp3) is 0.316. The molecular formula is C19H22N2O3S. The molecule has 1 N–H and O–H groups in total. The number of nitrogens with zero attached hydrogens (tertiary/aromatic N) is 1. The van der Waals surface area contributed by atoms with Crippen molar-refractivity contribution in [1.29, 1.82) is 0 Å². The molecule has 2 aromatic rings. The summed E-state index contributed by atoms with van der Waals surface area (Å²) in [5, 5.41) is 0. The molecule has 1 heterocycles. The average molecular weight is 358 g/mol. The molecule has 1 amide bonds. The van der Waals surface area contributed by atoms with Crippen LogP contribution in [0.5, 0.6) is 0 Å². The maximum Gasteiger partial charge on any atom is 0.261 e. The Bertz CT molecular complexity index is 920. The summed E-state index contributed by atoms with van der Waals surface area (Å²) in [6, 6.07) is 12.3. The first-order valence-electron chi connectivity index (χ1n) is 8.27. The van der Waals surface area contributed by atoms with Gasteiger partial charge in [-0.1, -0.05) is 26.0 Å².